The summed E-state index contributed by atoms with van der Waals surface area (Å²) in [5.41, 5.74) is -0.342. The summed E-state index contributed by atoms with van der Waals surface area (Å²) < 4.78 is 9.76. The molecule has 2 fully saturated rings. The Morgan fingerprint density at radius 3 is 2.96 bits per heavy atom. The van der Waals surface area contributed by atoms with Crippen LogP contribution in [0.1, 0.15) is 48.7 Å². The number of hydrogen-bond acceptors (Lipinski definition) is 5. The third-order valence-electron chi connectivity index (χ3n) is 4.95. The molecule has 3 rings (SSSR count). The molecule has 23 heavy (non-hydrogen) atoms. The molecular formula is C16H20N2O5. The van der Waals surface area contributed by atoms with Crippen LogP contribution in [0.25, 0.3) is 0 Å². The fraction of sp³-hybridized carbons (Fsp3) is 0.562. The first-order chi connectivity index (χ1) is 11.0. The van der Waals surface area contributed by atoms with Crippen molar-refractivity contribution in [1.82, 2.24) is 10.2 Å². The van der Waals surface area contributed by atoms with Gasteiger partial charge in [0.2, 0.25) is 5.76 Å². The lowest BCUT2D eigenvalue weighted by Gasteiger charge is -2.36. The number of nitrogens with zero attached hydrogens (tertiary/aromatic N) is 1. The minimum Gasteiger partial charge on any atom is -0.463 e. The van der Waals surface area contributed by atoms with E-state index in [2.05, 4.69) is 10.1 Å². The molecule has 7 heteroatoms. The number of carbonyl (C=O) groups excluding carboxylic acids is 3. The average Bonchev–Trinajstić information content (AvgIpc) is 3.09. The highest BCUT2D eigenvalue weighted by Crippen LogP contribution is 2.38. The highest BCUT2D eigenvalue weighted by atomic mass is 16.5. The SMILES string of the molecule is COC(=O)c1occc1CN1C(=O)NC2(CCCCC2C)C1=O. The van der Waals surface area contributed by atoms with Gasteiger partial charge in [0.25, 0.3) is 5.91 Å². The topological polar surface area (TPSA) is 88.8 Å². The van der Waals surface area contributed by atoms with Crippen LogP contribution in [-0.2, 0) is 16.1 Å². The molecule has 2 heterocycles. The van der Waals surface area contributed by atoms with Crippen molar-refractivity contribution < 1.29 is 23.5 Å². The van der Waals surface area contributed by atoms with Gasteiger partial charge in [0.1, 0.15) is 5.54 Å². The van der Waals surface area contributed by atoms with E-state index in [1.165, 1.54) is 18.3 Å². The lowest BCUT2D eigenvalue weighted by Crippen LogP contribution is -2.53. The van der Waals surface area contributed by atoms with Crippen molar-refractivity contribution in [2.75, 3.05) is 7.11 Å². The van der Waals surface area contributed by atoms with Crippen LogP contribution in [0.15, 0.2) is 16.7 Å². The molecule has 0 radical (unpaired) electrons. The molecule has 7 nitrogen and oxygen atoms in total. The molecule has 1 aromatic rings. The molecule has 2 aliphatic rings. The van der Waals surface area contributed by atoms with Gasteiger partial charge < -0.3 is 14.5 Å². The van der Waals surface area contributed by atoms with Gasteiger partial charge in [-0.05, 0) is 24.8 Å². The highest BCUT2D eigenvalue weighted by molar-refractivity contribution is 6.07. The Hall–Kier alpha value is -2.31. The van der Waals surface area contributed by atoms with Crippen LogP contribution < -0.4 is 5.32 Å². The molecule has 1 aliphatic carbocycles. The lowest BCUT2D eigenvalue weighted by molar-refractivity contribution is -0.134. The number of imide groups is 1. The van der Waals surface area contributed by atoms with Gasteiger partial charge >= 0.3 is 12.0 Å². The van der Waals surface area contributed by atoms with Gasteiger partial charge in [0, 0.05) is 5.56 Å². The summed E-state index contributed by atoms with van der Waals surface area (Å²) in [5, 5.41) is 2.88. The Bertz CT molecular complexity index is 653. The zero-order valence-corrected chi connectivity index (χ0v) is 13.3. The van der Waals surface area contributed by atoms with Crippen LogP contribution in [0.3, 0.4) is 0 Å². The maximum atomic E-state index is 12.9. The van der Waals surface area contributed by atoms with Gasteiger partial charge in [-0.25, -0.2) is 9.59 Å². The van der Waals surface area contributed by atoms with Gasteiger partial charge in [-0.3, -0.25) is 9.69 Å². The van der Waals surface area contributed by atoms with Gasteiger partial charge in [0.05, 0.1) is 19.9 Å². The summed E-state index contributed by atoms with van der Waals surface area (Å²) in [6.07, 6.45) is 4.91. The summed E-state index contributed by atoms with van der Waals surface area (Å²) >= 11 is 0. The van der Waals surface area contributed by atoms with Crippen LogP contribution in [0.5, 0.6) is 0 Å². The zero-order valence-electron chi connectivity index (χ0n) is 13.3. The maximum Gasteiger partial charge on any atom is 0.374 e. The fourth-order valence-electron chi connectivity index (χ4n) is 3.54. The molecule has 2 unspecified atom stereocenters. The number of methoxy groups -OCH3 is 1. The number of carbonyl (C=O) groups is 3. The van der Waals surface area contributed by atoms with E-state index in [4.69, 9.17) is 4.42 Å². The minimum atomic E-state index is -0.801. The Kier molecular flexibility index (Phi) is 3.87. The quantitative estimate of drug-likeness (QED) is 0.680. The van der Waals surface area contributed by atoms with Gasteiger partial charge in [0.15, 0.2) is 0 Å². The van der Waals surface area contributed by atoms with Crippen LogP contribution in [0, 0.1) is 5.92 Å². The molecule has 124 valence electrons. The molecule has 0 bridgehead atoms. The molecule has 1 aromatic heterocycles. The first-order valence-corrected chi connectivity index (χ1v) is 7.78. The van der Waals surface area contributed by atoms with Gasteiger partial charge in [-0.15, -0.1) is 0 Å². The van der Waals surface area contributed by atoms with Gasteiger partial charge in [-0.1, -0.05) is 19.8 Å². The van der Waals surface area contributed by atoms with Crippen molar-refractivity contribution in [1.29, 1.82) is 0 Å². The van der Waals surface area contributed by atoms with Crippen molar-refractivity contribution in [3.8, 4) is 0 Å². The van der Waals surface area contributed by atoms with E-state index in [1.54, 1.807) is 6.07 Å². The van der Waals surface area contributed by atoms with E-state index in [-0.39, 0.29) is 24.1 Å². The van der Waals surface area contributed by atoms with E-state index in [9.17, 15) is 14.4 Å². The molecule has 1 saturated carbocycles. The summed E-state index contributed by atoms with van der Waals surface area (Å²) in [4.78, 5) is 38.0. The number of amides is 3. The summed E-state index contributed by atoms with van der Waals surface area (Å²) in [5.74, 6) is -0.725. The first kappa shape index (κ1) is 15.6. The normalized spacial score (nSPS) is 27.4. The predicted molar refractivity (Wildman–Crippen MR) is 79.5 cm³/mol. The van der Waals surface area contributed by atoms with Crippen LogP contribution in [0.2, 0.25) is 0 Å². The Morgan fingerprint density at radius 1 is 1.48 bits per heavy atom. The number of hydrogen-bond donors (Lipinski definition) is 1. The van der Waals surface area contributed by atoms with Crippen molar-refractivity contribution in [3.63, 3.8) is 0 Å². The van der Waals surface area contributed by atoms with E-state index < -0.39 is 17.5 Å². The van der Waals surface area contributed by atoms with Crippen LogP contribution in [0.4, 0.5) is 4.79 Å². The van der Waals surface area contributed by atoms with Crippen LogP contribution in [-0.4, -0.2) is 35.5 Å². The molecule has 1 N–H and O–H groups in total. The second-order valence-electron chi connectivity index (χ2n) is 6.21. The fourth-order valence-corrected chi connectivity index (χ4v) is 3.54. The average molecular weight is 320 g/mol. The summed E-state index contributed by atoms with van der Waals surface area (Å²) in [6.45, 7) is 2.00. The number of esters is 1. The van der Waals surface area contributed by atoms with Crippen molar-refractivity contribution in [2.45, 2.75) is 44.7 Å². The molecule has 1 saturated heterocycles. The number of furan rings is 1. The first-order valence-electron chi connectivity index (χ1n) is 7.78. The lowest BCUT2D eigenvalue weighted by atomic mass is 9.73. The Balaban J connectivity index is 1.84. The number of nitrogens with one attached hydrogen (secondary N) is 1. The predicted octanol–water partition coefficient (Wildman–Crippen LogP) is 2.07. The summed E-state index contributed by atoms with van der Waals surface area (Å²) in [6, 6.07) is 1.16. The van der Waals surface area contributed by atoms with Gasteiger partial charge in [-0.2, -0.15) is 0 Å². The second-order valence-corrected chi connectivity index (χ2v) is 6.21. The van der Waals surface area contributed by atoms with Crippen molar-refractivity contribution in [2.24, 2.45) is 5.92 Å². The Labute approximate surface area is 134 Å². The number of ether oxygens (including phenoxy) is 1. The van der Waals surface area contributed by atoms with E-state index >= 15 is 0 Å². The number of urea groups is 1. The van der Waals surface area contributed by atoms with E-state index in [0.29, 0.717) is 12.0 Å². The third kappa shape index (κ3) is 2.40. The molecule has 3 amide bonds. The number of rotatable bonds is 3. The monoisotopic (exact) mass is 320 g/mol. The summed E-state index contributed by atoms with van der Waals surface area (Å²) in [7, 11) is 1.25. The zero-order chi connectivity index (χ0) is 16.6. The molecule has 1 spiro atoms. The smallest absolute Gasteiger partial charge is 0.374 e. The minimum absolute atomic E-state index is 0.0000694. The largest absolute Gasteiger partial charge is 0.463 e. The second kappa shape index (κ2) is 5.72. The van der Waals surface area contributed by atoms with E-state index in [0.717, 1.165) is 19.3 Å². The maximum absolute atomic E-state index is 12.9. The molecular weight excluding hydrogens is 300 g/mol. The standard InChI is InChI=1S/C16H20N2O5/c1-10-5-3-4-7-16(10)14(20)18(15(21)17-16)9-11-6-8-23-12(11)13(19)22-2/h6,8,10H,3-5,7,9H2,1-2H3,(H,17,21). The van der Waals surface area contributed by atoms with E-state index in [1.807, 2.05) is 6.92 Å². The Morgan fingerprint density at radius 2 is 2.26 bits per heavy atom. The molecule has 2 atom stereocenters. The van der Waals surface area contributed by atoms with Crippen molar-refractivity contribution in [3.05, 3.63) is 23.7 Å². The van der Waals surface area contributed by atoms with Crippen molar-refractivity contribution >= 4 is 17.9 Å². The molecule has 1 aliphatic heterocycles. The third-order valence-corrected chi connectivity index (χ3v) is 4.95. The van der Waals surface area contributed by atoms with Crippen LogP contribution >= 0.6 is 0 Å². The molecule has 0 aromatic carbocycles. The highest BCUT2D eigenvalue weighted by Gasteiger charge is 2.54.